The molecule has 0 aromatic carbocycles. The number of hydrogen-bond donors (Lipinski definition) is 1. The summed E-state index contributed by atoms with van der Waals surface area (Å²) in [6, 6.07) is 7.90. The molecule has 0 radical (unpaired) electrons. The van der Waals surface area contributed by atoms with Crippen molar-refractivity contribution < 1.29 is 19.4 Å². The number of hydrogen-bond acceptors (Lipinski definition) is 7. The molecule has 0 spiro atoms. The SMILES string of the molecule is Cc1nc(-c2sc(Cl)cc2COc2nccc(C(C)C)n2)ccc1O[C@H]1CCC[C@H](C(=O)O)C1. The van der Waals surface area contributed by atoms with Crippen molar-refractivity contribution in [2.24, 2.45) is 5.92 Å². The number of thiophene rings is 1. The van der Waals surface area contributed by atoms with Crippen molar-refractivity contribution >= 4 is 28.9 Å². The first kappa shape index (κ1) is 24.4. The maximum atomic E-state index is 11.3. The summed E-state index contributed by atoms with van der Waals surface area (Å²) >= 11 is 7.77. The largest absolute Gasteiger partial charge is 0.489 e. The second-order valence-corrected chi connectivity index (χ2v) is 10.5. The van der Waals surface area contributed by atoms with Crippen molar-refractivity contribution in [3.8, 4) is 22.3 Å². The van der Waals surface area contributed by atoms with Gasteiger partial charge in [0.2, 0.25) is 0 Å². The molecular formula is C25H28ClN3O4S. The quantitative estimate of drug-likeness (QED) is 0.387. The number of aromatic nitrogens is 3. The minimum absolute atomic E-state index is 0.108. The van der Waals surface area contributed by atoms with Gasteiger partial charge in [0.25, 0.3) is 0 Å². The van der Waals surface area contributed by atoms with Crippen LogP contribution in [0.15, 0.2) is 30.5 Å². The molecule has 1 aliphatic carbocycles. The zero-order valence-corrected chi connectivity index (χ0v) is 21.0. The third-order valence-electron chi connectivity index (χ3n) is 5.92. The number of ether oxygens (including phenoxy) is 2. The zero-order chi connectivity index (χ0) is 24.2. The zero-order valence-electron chi connectivity index (χ0n) is 19.5. The first-order valence-corrected chi connectivity index (χ1v) is 12.6. The fourth-order valence-corrected chi connectivity index (χ4v) is 5.29. The number of pyridine rings is 1. The third kappa shape index (κ3) is 5.85. The molecule has 1 fully saturated rings. The van der Waals surface area contributed by atoms with Gasteiger partial charge >= 0.3 is 12.0 Å². The Bertz CT molecular complexity index is 1170. The predicted molar refractivity (Wildman–Crippen MR) is 132 cm³/mol. The van der Waals surface area contributed by atoms with Gasteiger partial charge < -0.3 is 14.6 Å². The topological polar surface area (TPSA) is 94.4 Å². The van der Waals surface area contributed by atoms with Crippen LogP contribution < -0.4 is 9.47 Å². The van der Waals surface area contributed by atoms with Gasteiger partial charge in [-0.2, -0.15) is 4.98 Å². The second-order valence-electron chi connectivity index (χ2n) is 8.83. The summed E-state index contributed by atoms with van der Waals surface area (Å²) < 4.78 is 12.7. The molecule has 34 heavy (non-hydrogen) atoms. The van der Waals surface area contributed by atoms with Crippen molar-refractivity contribution in [2.45, 2.75) is 65.1 Å². The number of carboxylic acids is 1. The molecule has 7 nitrogen and oxygen atoms in total. The van der Waals surface area contributed by atoms with Crippen molar-refractivity contribution in [1.82, 2.24) is 15.0 Å². The van der Waals surface area contributed by atoms with Gasteiger partial charge in [-0.3, -0.25) is 4.79 Å². The summed E-state index contributed by atoms with van der Waals surface area (Å²) in [5.41, 5.74) is 3.36. The molecule has 3 aromatic heterocycles. The van der Waals surface area contributed by atoms with Gasteiger partial charge in [0.05, 0.1) is 38.3 Å². The monoisotopic (exact) mass is 501 g/mol. The average molecular weight is 502 g/mol. The van der Waals surface area contributed by atoms with Gasteiger partial charge in [-0.15, -0.1) is 11.3 Å². The lowest BCUT2D eigenvalue weighted by molar-refractivity contribution is -0.143. The Morgan fingerprint density at radius 3 is 2.82 bits per heavy atom. The van der Waals surface area contributed by atoms with E-state index in [1.54, 1.807) is 6.20 Å². The number of carboxylic acid groups (broad SMARTS) is 1. The molecule has 180 valence electrons. The highest BCUT2D eigenvalue weighted by Gasteiger charge is 2.28. The molecule has 3 aromatic rings. The van der Waals surface area contributed by atoms with Crippen molar-refractivity contribution in [1.29, 1.82) is 0 Å². The van der Waals surface area contributed by atoms with Crippen LogP contribution in [0, 0.1) is 12.8 Å². The lowest BCUT2D eigenvalue weighted by Gasteiger charge is -2.27. The molecule has 1 N–H and O–H groups in total. The molecule has 1 saturated carbocycles. The molecule has 9 heteroatoms. The summed E-state index contributed by atoms with van der Waals surface area (Å²) in [5.74, 6) is -0.122. The fourth-order valence-electron chi connectivity index (χ4n) is 4.06. The van der Waals surface area contributed by atoms with Crippen LogP contribution in [0.2, 0.25) is 4.34 Å². The highest BCUT2D eigenvalue weighted by Crippen LogP contribution is 2.37. The van der Waals surface area contributed by atoms with Crippen LogP contribution in [0.1, 0.15) is 62.4 Å². The van der Waals surface area contributed by atoms with E-state index in [1.807, 2.05) is 31.2 Å². The molecular weight excluding hydrogens is 474 g/mol. The molecule has 0 unspecified atom stereocenters. The number of rotatable bonds is 8. The van der Waals surface area contributed by atoms with Crippen LogP contribution in [-0.2, 0) is 11.4 Å². The number of carbonyl (C=O) groups is 1. The third-order valence-corrected chi connectivity index (χ3v) is 7.25. The van der Waals surface area contributed by atoms with Gasteiger partial charge in [0.15, 0.2) is 0 Å². The normalized spacial score (nSPS) is 18.1. The summed E-state index contributed by atoms with van der Waals surface area (Å²) in [6.45, 7) is 6.32. The molecule has 0 aliphatic heterocycles. The van der Waals surface area contributed by atoms with Crippen molar-refractivity contribution in [2.75, 3.05) is 0 Å². The van der Waals surface area contributed by atoms with E-state index >= 15 is 0 Å². The van der Waals surface area contributed by atoms with Crippen LogP contribution in [-0.4, -0.2) is 32.1 Å². The van der Waals surface area contributed by atoms with E-state index in [4.69, 9.17) is 26.1 Å². The summed E-state index contributed by atoms with van der Waals surface area (Å²) in [6.07, 6.45) is 4.54. The number of aryl methyl sites for hydroxylation is 1. The molecule has 0 saturated heterocycles. The first-order chi connectivity index (χ1) is 16.3. The number of aliphatic carboxylic acids is 1. The Balaban J connectivity index is 1.48. The molecule has 3 heterocycles. The maximum absolute atomic E-state index is 11.3. The Kier molecular flexibility index (Phi) is 7.68. The lowest BCUT2D eigenvalue weighted by atomic mass is 9.87. The maximum Gasteiger partial charge on any atom is 0.316 e. The average Bonchev–Trinajstić information content (AvgIpc) is 3.20. The van der Waals surface area contributed by atoms with Crippen LogP contribution in [0.5, 0.6) is 11.8 Å². The van der Waals surface area contributed by atoms with Gasteiger partial charge in [0, 0.05) is 11.8 Å². The number of nitrogens with zero attached hydrogens (tertiary/aromatic N) is 3. The van der Waals surface area contributed by atoms with E-state index in [1.165, 1.54) is 11.3 Å². The van der Waals surface area contributed by atoms with E-state index in [2.05, 4.69) is 23.8 Å². The molecule has 0 bridgehead atoms. The van der Waals surface area contributed by atoms with Gasteiger partial charge in [-0.25, -0.2) is 9.97 Å². The Hall–Kier alpha value is -2.71. The standard InChI is InChI=1S/C25H28ClN3O4S/c1-14(2)19-9-10-27-25(29-19)32-13-17-12-22(26)34-23(17)20-7-8-21(15(3)28-20)33-18-6-4-5-16(11-18)24(30)31/h7-10,12,14,16,18H,4-6,11,13H2,1-3H3,(H,30,31)/t16-,18-/m0/s1. The predicted octanol–water partition coefficient (Wildman–Crippen LogP) is 6.29. The smallest absolute Gasteiger partial charge is 0.316 e. The summed E-state index contributed by atoms with van der Waals surface area (Å²) in [7, 11) is 0. The highest BCUT2D eigenvalue weighted by molar-refractivity contribution is 7.19. The molecule has 0 amide bonds. The van der Waals surface area contributed by atoms with Gasteiger partial charge in [-0.05, 0) is 62.8 Å². The summed E-state index contributed by atoms with van der Waals surface area (Å²) in [5, 5.41) is 9.33. The van der Waals surface area contributed by atoms with Crippen LogP contribution in [0.25, 0.3) is 10.6 Å². The van der Waals surface area contributed by atoms with Crippen LogP contribution in [0.3, 0.4) is 0 Å². The number of halogens is 1. The van der Waals surface area contributed by atoms with E-state index in [-0.39, 0.29) is 24.5 Å². The van der Waals surface area contributed by atoms with Crippen molar-refractivity contribution in [3.63, 3.8) is 0 Å². The molecule has 4 rings (SSSR count). The summed E-state index contributed by atoms with van der Waals surface area (Å²) in [4.78, 5) is 25.7. The molecule has 2 atom stereocenters. The fraction of sp³-hybridized carbons (Fsp3) is 0.440. The van der Waals surface area contributed by atoms with Gasteiger partial charge in [-0.1, -0.05) is 25.4 Å². The Morgan fingerprint density at radius 1 is 1.26 bits per heavy atom. The van der Waals surface area contributed by atoms with E-state index in [0.717, 1.165) is 40.4 Å². The van der Waals surface area contributed by atoms with Crippen LogP contribution >= 0.6 is 22.9 Å². The van der Waals surface area contributed by atoms with E-state index in [9.17, 15) is 9.90 Å². The minimum Gasteiger partial charge on any atom is -0.489 e. The van der Waals surface area contributed by atoms with Gasteiger partial charge in [0.1, 0.15) is 12.4 Å². The molecule has 1 aliphatic rings. The second kappa shape index (κ2) is 10.7. The highest BCUT2D eigenvalue weighted by atomic mass is 35.5. The Morgan fingerprint density at radius 2 is 2.09 bits per heavy atom. The van der Waals surface area contributed by atoms with E-state index in [0.29, 0.717) is 28.9 Å². The first-order valence-electron chi connectivity index (χ1n) is 11.4. The van der Waals surface area contributed by atoms with Crippen LogP contribution in [0.4, 0.5) is 0 Å². The lowest BCUT2D eigenvalue weighted by Crippen LogP contribution is -2.29. The van der Waals surface area contributed by atoms with E-state index < -0.39 is 5.97 Å². The van der Waals surface area contributed by atoms with Crippen molar-refractivity contribution in [3.05, 3.63) is 51.7 Å². The Labute approximate surface area is 208 Å². The minimum atomic E-state index is -0.746.